The van der Waals surface area contributed by atoms with Crippen LogP contribution in [0, 0.1) is 0 Å². The van der Waals surface area contributed by atoms with Gasteiger partial charge in [-0.1, -0.05) is 42.8 Å². The third-order valence-electron chi connectivity index (χ3n) is 6.51. The van der Waals surface area contributed by atoms with Crippen LogP contribution < -0.4 is 5.32 Å². The fourth-order valence-corrected chi connectivity index (χ4v) is 4.72. The Morgan fingerprint density at radius 1 is 1.10 bits per heavy atom. The molecule has 30 heavy (non-hydrogen) atoms. The van der Waals surface area contributed by atoms with E-state index in [1.807, 2.05) is 24.3 Å². The lowest BCUT2D eigenvalue weighted by Crippen LogP contribution is -2.44. The minimum Gasteiger partial charge on any atom is -0.350 e. The number of aromatic nitrogens is 2. The van der Waals surface area contributed by atoms with Crippen molar-refractivity contribution in [2.45, 2.75) is 38.6 Å². The first-order valence-corrected chi connectivity index (χ1v) is 11.0. The molecule has 1 unspecified atom stereocenters. The van der Waals surface area contributed by atoms with Gasteiger partial charge in [-0.25, -0.2) is 0 Å². The van der Waals surface area contributed by atoms with Gasteiger partial charge < -0.3 is 5.32 Å². The summed E-state index contributed by atoms with van der Waals surface area (Å²) < 4.78 is 0. The maximum Gasteiger partial charge on any atom is 0.251 e. The van der Waals surface area contributed by atoms with Crippen LogP contribution in [0.2, 0.25) is 0 Å². The fraction of sp³-hybridized carbons (Fsp3) is 0.360. The van der Waals surface area contributed by atoms with Crippen molar-refractivity contribution in [3.05, 3.63) is 65.2 Å². The first-order valence-electron chi connectivity index (χ1n) is 11.0. The van der Waals surface area contributed by atoms with E-state index in [1.165, 1.54) is 36.0 Å². The number of fused-ring (bicyclic) bond motifs is 3. The molecule has 1 atom stereocenters. The van der Waals surface area contributed by atoms with Gasteiger partial charge >= 0.3 is 0 Å². The lowest BCUT2D eigenvalue weighted by molar-refractivity contribution is 0.0930. The van der Waals surface area contributed by atoms with Crippen LogP contribution in [-0.4, -0.2) is 46.7 Å². The quantitative estimate of drug-likeness (QED) is 0.526. The first kappa shape index (κ1) is 19.1. The molecule has 1 aliphatic heterocycles. The maximum absolute atomic E-state index is 12.6. The molecule has 0 radical (unpaired) electrons. The molecule has 0 bridgehead atoms. The number of carbonyl (C=O) groups excluding carboxylic acids is 1. The highest BCUT2D eigenvalue weighted by Crippen LogP contribution is 2.39. The van der Waals surface area contributed by atoms with E-state index in [0.29, 0.717) is 18.2 Å². The summed E-state index contributed by atoms with van der Waals surface area (Å²) in [6.07, 6.45) is 4.75. The van der Waals surface area contributed by atoms with Crippen molar-refractivity contribution in [1.82, 2.24) is 20.4 Å². The Balaban J connectivity index is 1.25. The van der Waals surface area contributed by atoms with Gasteiger partial charge in [0.05, 0.1) is 11.4 Å². The summed E-state index contributed by atoms with van der Waals surface area (Å²) in [6, 6.07) is 16.6. The minimum absolute atomic E-state index is 0.00919. The van der Waals surface area contributed by atoms with E-state index in [0.717, 1.165) is 36.5 Å². The number of likely N-dealkylation sites (tertiary alicyclic amines) is 1. The molecule has 5 rings (SSSR count). The van der Waals surface area contributed by atoms with E-state index in [9.17, 15) is 4.79 Å². The normalized spacial score (nSPS) is 16.7. The number of carbonyl (C=O) groups is 1. The maximum atomic E-state index is 12.6. The van der Waals surface area contributed by atoms with Crippen LogP contribution in [0.1, 0.15) is 47.7 Å². The third kappa shape index (κ3) is 3.54. The summed E-state index contributed by atoms with van der Waals surface area (Å²) in [4.78, 5) is 15.1. The van der Waals surface area contributed by atoms with Gasteiger partial charge in [0.15, 0.2) is 0 Å². The van der Waals surface area contributed by atoms with Crippen LogP contribution in [0.15, 0.2) is 48.5 Å². The van der Waals surface area contributed by atoms with E-state index in [-0.39, 0.29) is 5.91 Å². The zero-order chi connectivity index (χ0) is 20.5. The Labute approximate surface area is 177 Å². The highest BCUT2D eigenvalue weighted by molar-refractivity contribution is 5.94. The molecule has 1 saturated heterocycles. The Hall–Kier alpha value is -2.92. The average molecular weight is 401 g/mol. The molecule has 3 aromatic rings. The highest BCUT2D eigenvalue weighted by atomic mass is 16.1. The third-order valence-corrected chi connectivity index (χ3v) is 6.51. The number of nitrogens with one attached hydrogen (secondary N) is 2. The van der Waals surface area contributed by atoms with E-state index in [4.69, 9.17) is 0 Å². The van der Waals surface area contributed by atoms with Crippen molar-refractivity contribution in [3.8, 4) is 22.5 Å². The summed E-state index contributed by atoms with van der Waals surface area (Å²) in [5, 5.41) is 10.9. The van der Waals surface area contributed by atoms with Crippen molar-refractivity contribution in [3.63, 3.8) is 0 Å². The van der Waals surface area contributed by atoms with E-state index in [2.05, 4.69) is 51.6 Å². The van der Waals surface area contributed by atoms with Crippen LogP contribution in [0.3, 0.4) is 0 Å². The number of amides is 1. The Bertz CT molecular complexity index is 1050. The predicted octanol–water partition coefficient (Wildman–Crippen LogP) is 4.25. The second kappa shape index (κ2) is 8.07. The van der Waals surface area contributed by atoms with Crippen LogP contribution >= 0.6 is 0 Å². The Morgan fingerprint density at radius 2 is 1.87 bits per heavy atom. The summed E-state index contributed by atoms with van der Waals surface area (Å²) >= 11 is 0. The van der Waals surface area contributed by atoms with Gasteiger partial charge in [-0.05, 0) is 50.6 Å². The second-order valence-electron chi connectivity index (χ2n) is 8.49. The van der Waals surface area contributed by atoms with Crippen LogP contribution in [0.25, 0.3) is 22.5 Å². The van der Waals surface area contributed by atoms with Gasteiger partial charge in [0, 0.05) is 41.3 Å². The smallest absolute Gasteiger partial charge is 0.251 e. The van der Waals surface area contributed by atoms with Crippen molar-refractivity contribution in [1.29, 1.82) is 0 Å². The second-order valence-corrected chi connectivity index (χ2v) is 8.49. The standard InChI is InChI=1S/C25H28N4O/c1-17(29-13-5-2-6-14-29)16-26-25(30)19-11-9-18(10-12-19)23-22-15-20-7-3-4-8-21(20)24(22)28-27-23/h3-4,7-12,17H,2,5-6,13-16H2,1H3,(H,26,30)(H,27,28). The van der Waals surface area contributed by atoms with E-state index < -0.39 is 0 Å². The molecule has 5 nitrogen and oxygen atoms in total. The average Bonchev–Trinajstić information content (AvgIpc) is 3.37. The van der Waals surface area contributed by atoms with Crippen LogP contribution in [0.5, 0.6) is 0 Å². The molecule has 5 heteroatoms. The zero-order valence-electron chi connectivity index (χ0n) is 17.4. The minimum atomic E-state index is -0.00919. The number of nitrogens with zero attached hydrogens (tertiary/aromatic N) is 2. The van der Waals surface area contributed by atoms with Gasteiger partial charge in [0.25, 0.3) is 5.91 Å². The van der Waals surface area contributed by atoms with E-state index >= 15 is 0 Å². The van der Waals surface area contributed by atoms with Crippen LogP contribution in [0.4, 0.5) is 0 Å². The van der Waals surface area contributed by atoms with Crippen LogP contribution in [-0.2, 0) is 6.42 Å². The Kier molecular flexibility index (Phi) is 5.13. The van der Waals surface area contributed by atoms with Gasteiger partial charge in [-0.15, -0.1) is 0 Å². The Morgan fingerprint density at radius 3 is 2.67 bits per heavy atom. The number of H-pyrrole nitrogens is 1. The van der Waals surface area contributed by atoms with Crippen molar-refractivity contribution < 1.29 is 4.79 Å². The first-order chi connectivity index (χ1) is 14.7. The van der Waals surface area contributed by atoms with Crippen molar-refractivity contribution in [2.24, 2.45) is 0 Å². The zero-order valence-corrected chi connectivity index (χ0v) is 17.4. The monoisotopic (exact) mass is 400 g/mol. The van der Waals surface area contributed by atoms with Gasteiger partial charge in [-0.2, -0.15) is 5.10 Å². The number of benzene rings is 2. The molecule has 2 heterocycles. The fourth-order valence-electron chi connectivity index (χ4n) is 4.72. The summed E-state index contributed by atoms with van der Waals surface area (Å²) in [5.74, 6) is -0.00919. The lowest BCUT2D eigenvalue weighted by Gasteiger charge is -2.32. The molecular weight excluding hydrogens is 372 g/mol. The van der Waals surface area contributed by atoms with Crippen molar-refractivity contribution >= 4 is 5.91 Å². The summed E-state index contributed by atoms with van der Waals surface area (Å²) in [5.41, 5.74) is 7.65. The largest absolute Gasteiger partial charge is 0.350 e. The van der Waals surface area contributed by atoms with Gasteiger partial charge in [0.2, 0.25) is 0 Å². The number of piperidine rings is 1. The molecule has 1 amide bonds. The van der Waals surface area contributed by atoms with Gasteiger partial charge in [-0.3, -0.25) is 14.8 Å². The molecule has 1 fully saturated rings. The molecule has 2 aliphatic rings. The molecular formula is C25H28N4O. The van der Waals surface area contributed by atoms with E-state index in [1.54, 1.807) is 0 Å². The molecule has 1 aromatic heterocycles. The molecule has 2 N–H and O–H groups in total. The molecule has 0 spiro atoms. The van der Waals surface area contributed by atoms with Gasteiger partial charge in [0.1, 0.15) is 0 Å². The molecule has 0 saturated carbocycles. The predicted molar refractivity (Wildman–Crippen MR) is 119 cm³/mol. The summed E-state index contributed by atoms with van der Waals surface area (Å²) in [7, 11) is 0. The number of aromatic amines is 1. The van der Waals surface area contributed by atoms with Crippen molar-refractivity contribution in [2.75, 3.05) is 19.6 Å². The number of rotatable bonds is 5. The lowest BCUT2D eigenvalue weighted by atomic mass is 10.0. The summed E-state index contributed by atoms with van der Waals surface area (Å²) in [6.45, 7) is 5.17. The molecule has 1 aliphatic carbocycles. The molecule has 154 valence electrons. The number of hydrogen-bond donors (Lipinski definition) is 2. The molecule has 2 aromatic carbocycles. The highest BCUT2D eigenvalue weighted by Gasteiger charge is 2.24. The SMILES string of the molecule is CC(CNC(=O)c1ccc(-c2n[nH]c3c2Cc2ccccc2-3)cc1)N1CCCCC1. The number of hydrogen-bond acceptors (Lipinski definition) is 3. The topological polar surface area (TPSA) is 61.0 Å².